The Morgan fingerprint density at radius 3 is 2.90 bits per heavy atom. The number of para-hydroxylation sites is 1. The van der Waals surface area contributed by atoms with Crippen LogP contribution in [0.4, 0.5) is 5.82 Å². The molecule has 3 rings (SSSR count). The summed E-state index contributed by atoms with van der Waals surface area (Å²) in [5.41, 5.74) is 2.79. The van der Waals surface area contributed by atoms with Crippen LogP contribution in [0.15, 0.2) is 42.5 Å². The maximum Gasteiger partial charge on any atom is 0.225 e. The Hall–Kier alpha value is -2.69. The highest BCUT2D eigenvalue weighted by Gasteiger charge is 2.06. The Balaban J connectivity index is 1.61. The van der Waals surface area contributed by atoms with E-state index in [4.69, 9.17) is 0 Å². The third-order valence-corrected chi connectivity index (χ3v) is 3.24. The molecule has 106 valence electrons. The van der Waals surface area contributed by atoms with Crippen molar-refractivity contribution < 1.29 is 4.79 Å². The van der Waals surface area contributed by atoms with Gasteiger partial charge in [-0.2, -0.15) is 5.10 Å². The van der Waals surface area contributed by atoms with Gasteiger partial charge in [0.2, 0.25) is 5.91 Å². The van der Waals surface area contributed by atoms with Crippen molar-refractivity contribution in [3.63, 3.8) is 0 Å². The van der Waals surface area contributed by atoms with Crippen LogP contribution < -0.4 is 5.32 Å². The van der Waals surface area contributed by atoms with E-state index in [9.17, 15) is 4.79 Å². The number of amides is 1. The number of nitrogens with zero attached hydrogens (tertiary/aromatic N) is 2. The fraction of sp³-hybridized carbons (Fsp3) is 0.188. The first kappa shape index (κ1) is 13.3. The van der Waals surface area contributed by atoms with Gasteiger partial charge in [-0.15, -0.1) is 0 Å². The number of fused-ring (bicyclic) bond motifs is 1. The SMILES string of the molecule is Cc1cc(NC(=O)CCc2ccc3ccccc3n2)n[nH]1. The Morgan fingerprint density at radius 1 is 1.24 bits per heavy atom. The van der Waals surface area contributed by atoms with Crippen molar-refractivity contribution in [1.29, 1.82) is 0 Å². The summed E-state index contributed by atoms with van der Waals surface area (Å²) < 4.78 is 0. The highest BCUT2D eigenvalue weighted by atomic mass is 16.1. The number of aryl methyl sites for hydroxylation is 2. The fourth-order valence-corrected chi connectivity index (χ4v) is 2.18. The summed E-state index contributed by atoms with van der Waals surface area (Å²) in [6.45, 7) is 1.89. The number of carbonyl (C=O) groups is 1. The van der Waals surface area contributed by atoms with Crippen LogP contribution >= 0.6 is 0 Å². The molecule has 2 aromatic heterocycles. The first-order chi connectivity index (χ1) is 10.2. The van der Waals surface area contributed by atoms with Gasteiger partial charge in [0.05, 0.1) is 5.52 Å². The molecule has 0 aliphatic heterocycles. The maximum absolute atomic E-state index is 11.9. The number of aromatic nitrogens is 3. The third kappa shape index (κ3) is 3.25. The molecule has 0 aliphatic carbocycles. The molecule has 1 aromatic carbocycles. The Bertz CT molecular complexity index is 779. The van der Waals surface area contributed by atoms with E-state index in [0.29, 0.717) is 18.7 Å². The van der Waals surface area contributed by atoms with E-state index in [-0.39, 0.29) is 5.91 Å². The zero-order chi connectivity index (χ0) is 14.7. The second kappa shape index (κ2) is 5.75. The van der Waals surface area contributed by atoms with Crippen LogP contribution in [0.25, 0.3) is 10.9 Å². The number of H-pyrrole nitrogens is 1. The largest absolute Gasteiger partial charge is 0.309 e. The average molecular weight is 280 g/mol. The van der Waals surface area contributed by atoms with Gasteiger partial charge in [0.15, 0.2) is 5.82 Å². The van der Waals surface area contributed by atoms with Crippen molar-refractivity contribution >= 4 is 22.6 Å². The zero-order valence-corrected chi connectivity index (χ0v) is 11.8. The van der Waals surface area contributed by atoms with Crippen LogP contribution in [0, 0.1) is 6.92 Å². The molecule has 0 fully saturated rings. The Morgan fingerprint density at radius 2 is 2.10 bits per heavy atom. The molecule has 5 heteroatoms. The number of aromatic amines is 1. The number of rotatable bonds is 4. The number of benzene rings is 1. The predicted molar refractivity (Wildman–Crippen MR) is 82.0 cm³/mol. The van der Waals surface area contributed by atoms with Gasteiger partial charge in [-0.3, -0.25) is 14.9 Å². The average Bonchev–Trinajstić information content (AvgIpc) is 2.90. The second-order valence-electron chi connectivity index (χ2n) is 4.98. The highest BCUT2D eigenvalue weighted by Crippen LogP contribution is 2.13. The molecular weight excluding hydrogens is 264 g/mol. The van der Waals surface area contributed by atoms with Crippen molar-refractivity contribution in [3.05, 3.63) is 53.9 Å². The highest BCUT2D eigenvalue weighted by molar-refractivity contribution is 5.89. The van der Waals surface area contributed by atoms with Gasteiger partial charge in [-0.1, -0.05) is 24.3 Å². The van der Waals surface area contributed by atoms with Crippen molar-refractivity contribution in [2.75, 3.05) is 5.32 Å². The second-order valence-corrected chi connectivity index (χ2v) is 4.98. The molecule has 0 atom stereocenters. The van der Waals surface area contributed by atoms with E-state index in [1.165, 1.54) is 0 Å². The van der Waals surface area contributed by atoms with Crippen LogP contribution in [0.1, 0.15) is 17.8 Å². The van der Waals surface area contributed by atoms with Gasteiger partial charge >= 0.3 is 0 Å². The first-order valence-electron chi connectivity index (χ1n) is 6.87. The van der Waals surface area contributed by atoms with Crippen LogP contribution in [-0.4, -0.2) is 21.1 Å². The lowest BCUT2D eigenvalue weighted by Gasteiger charge is -2.03. The maximum atomic E-state index is 11.9. The van der Waals surface area contributed by atoms with E-state index in [0.717, 1.165) is 22.3 Å². The molecule has 0 bridgehead atoms. The summed E-state index contributed by atoms with van der Waals surface area (Å²) in [5, 5.41) is 10.6. The Labute approximate surface area is 122 Å². The smallest absolute Gasteiger partial charge is 0.225 e. The Kier molecular flexibility index (Phi) is 3.64. The summed E-state index contributed by atoms with van der Waals surface area (Å²) in [6.07, 6.45) is 0.997. The van der Waals surface area contributed by atoms with Gasteiger partial charge in [0.25, 0.3) is 0 Å². The van der Waals surface area contributed by atoms with Gasteiger partial charge in [0.1, 0.15) is 0 Å². The summed E-state index contributed by atoms with van der Waals surface area (Å²) in [6, 6.07) is 13.8. The molecular formula is C16H16N4O. The monoisotopic (exact) mass is 280 g/mol. The molecule has 0 saturated carbocycles. The molecule has 0 saturated heterocycles. The van der Waals surface area contributed by atoms with Crippen LogP contribution in [0.2, 0.25) is 0 Å². The molecule has 0 radical (unpaired) electrons. The summed E-state index contributed by atoms with van der Waals surface area (Å²) in [4.78, 5) is 16.4. The number of pyridine rings is 1. The van der Waals surface area contributed by atoms with E-state index in [1.54, 1.807) is 6.07 Å². The minimum Gasteiger partial charge on any atom is -0.309 e. The molecule has 3 aromatic rings. The van der Waals surface area contributed by atoms with E-state index >= 15 is 0 Å². The molecule has 0 unspecified atom stereocenters. The van der Waals surface area contributed by atoms with E-state index in [1.807, 2.05) is 43.3 Å². The van der Waals surface area contributed by atoms with Gasteiger partial charge in [-0.25, -0.2) is 0 Å². The number of hydrogen-bond acceptors (Lipinski definition) is 3. The number of anilines is 1. The van der Waals surface area contributed by atoms with Gasteiger partial charge in [-0.05, 0) is 25.5 Å². The van der Waals surface area contributed by atoms with E-state index in [2.05, 4.69) is 20.5 Å². The lowest BCUT2D eigenvalue weighted by Crippen LogP contribution is -2.13. The first-order valence-corrected chi connectivity index (χ1v) is 6.87. The summed E-state index contributed by atoms with van der Waals surface area (Å²) in [7, 11) is 0. The van der Waals surface area contributed by atoms with Crippen LogP contribution in [0.5, 0.6) is 0 Å². The van der Waals surface area contributed by atoms with E-state index < -0.39 is 0 Å². The van der Waals surface area contributed by atoms with Crippen molar-refractivity contribution in [1.82, 2.24) is 15.2 Å². The van der Waals surface area contributed by atoms with Crippen LogP contribution in [-0.2, 0) is 11.2 Å². The molecule has 0 spiro atoms. The molecule has 5 nitrogen and oxygen atoms in total. The third-order valence-electron chi connectivity index (χ3n) is 3.24. The zero-order valence-electron chi connectivity index (χ0n) is 11.8. The standard InChI is InChI=1S/C16H16N4O/c1-11-10-15(20-19-11)18-16(21)9-8-13-7-6-12-4-2-3-5-14(12)17-13/h2-7,10H,8-9H2,1H3,(H2,18,19,20,21). The lowest BCUT2D eigenvalue weighted by molar-refractivity contribution is -0.116. The van der Waals surface area contributed by atoms with Gasteiger partial charge in [0, 0.05) is 29.3 Å². The number of hydrogen-bond donors (Lipinski definition) is 2. The molecule has 1 amide bonds. The normalized spacial score (nSPS) is 10.7. The predicted octanol–water partition coefficient (Wildman–Crippen LogP) is 2.84. The van der Waals surface area contributed by atoms with Gasteiger partial charge < -0.3 is 5.32 Å². The minimum absolute atomic E-state index is 0.0588. The quantitative estimate of drug-likeness (QED) is 0.772. The number of nitrogens with one attached hydrogen (secondary N) is 2. The molecule has 21 heavy (non-hydrogen) atoms. The minimum atomic E-state index is -0.0588. The molecule has 2 N–H and O–H groups in total. The summed E-state index contributed by atoms with van der Waals surface area (Å²) >= 11 is 0. The summed E-state index contributed by atoms with van der Waals surface area (Å²) in [5.74, 6) is 0.500. The van der Waals surface area contributed by atoms with Crippen molar-refractivity contribution in [3.8, 4) is 0 Å². The lowest BCUT2D eigenvalue weighted by atomic mass is 10.1. The molecule has 0 aliphatic rings. The molecule has 2 heterocycles. The topological polar surface area (TPSA) is 70.7 Å². The number of carbonyl (C=O) groups excluding carboxylic acids is 1. The fourth-order valence-electron chi connectivity index (χ4n) is 2.18. The van der Waals surface area contributed by atoms with Crippen molar-refractivity contribution in [2.45, 2.75) is 19.8 Å². The van der Waals surface area contributed by atoms with Crippen LogP contribution in [0.3, 0.4) is 0 Å². The van der Waals surface area contributed by atoms with Crippen molar-refractivity contribution in [2.24, 2.45) is 0 Å².